The number of anilines is 1. The minimum absolute atomic E-state index is 0.0451. The summed E-state index contributed by atoms with van der Waals surface area (Å²) in [4.78, 5) is 14.0. The number of nitriles is 1. The van der Waals surface area contributed by atoms with Crippen LogP contribution >= 0.6 is 0 Å². The lowest BCUT2D eigenvalue weighted by molar-refractivity contribution is -0.139. The lowest BCUT2D eigenvalue weighted by Gasteiger charge is -2.12. The molecule has 6 heteroatoms. The first-order valence-corrected chi connectivity index (χ1v) is 8.36. The zero-order valence-electron chi connectivity index (χ0n) is 15.6. The van der Waals surface area contributed by atoms with Gasteiger partial charge >= 0.3 is 5.97 Å². The Morgan fingerprint density at radius 2 is 1.67 bits per heavy atom. The third-order valence-electron chi connectivity index (χ3n) is 3.71. The zero-order valence-corrected chi connectivity index (χ0v) is 15.6. The first kappa shape index (κ1) is 19.9. The number of carbonyl (C=O) groups excluding carboxylic acids is 1. The Morgan fingerprint density at radius 1 is 1.04 bits per heavy atom. The molecule has 0 fully saturated rings. The van der Waals surface area contributed by atoms with Crippen molar-refractivity contribution >= 4 is 17.7 Å². The van der Waals surface area contributed by atoms with Gasteiger partial charge in [0.25, 0.3) is 0 Å². The maximum Gasteiger partial charge on any atom is 0.349 e. The predicted octanol–water partition coefficient (Wildman–Crippen LogP) is 3.29. The Labute approximate surface area is 159 Å². The first-order chi connectivity index (χ1) is 13.0. The second kappa shape index (κ2) is 9.88. The summed E-state index contributed by atoms with van der Waals surface area (Å²) >= 11 is 0. The Balaban J connectivity index is 1.86. The smallest absolute Gasteiger partial charge is 0.349 e. The van der Waals surface area contributed by atoms with Crippen LogP contribution in [0.5, 0.6) is 11.5 Å². The van der Waals surface area contributed by atoms with E-state index in [-0.39, 0.29) is 18.8 Å². The van der Waals surface area contributed by atoms with Gasteiger partial charge in [0, 0.05) is 19.8 Å². The predicted molar refractivity (Wildman–Crippen MR) is 104 cm³/mol. The Morgan fingerprint density at radius 3 is 2.22 bits per heavy atom. The third-order valence-corrected chi connectivity index (χ3v) is 3.71. The van der Waals surface area contributed by atoms with Crippen LogP contribution in [0.1, 0.15) is 5.56 Å². The van der Waals surface area contributed by atoms with Crippen LogP contribution in [0.25, 0.3) is 6.08 Å². The van der Waals surface area contributed by atoms with E-state index in [9.17, 15) is 10.1 Å². The molecule has 2 rings (SSSR count). The van der Waals surface area contributed by atoms with Gasteiger partial charge in [0.05, 0.1) is 7.11 Å². The summed E-state index contributed by atoms with van der Waals surface area (Å²) < 4.78 is 15.7. The summed E-state index contributed by atoms with van der Waals surface area (Å²) in [5.41, 5.74) is 1.73. The molecular formula is C21H22N2O4. The van der Waals surface area contributed by atoms with Gasteiger partial charge in [-0.1, -0.05) is 12.1 Å². The zero-order chi connectivity index (χ0) is 19.6. The molecule has 0 aliphatic heterocycles. The third kappa shape index (κ3) is 6.08. The molecule has 0 atom stereocenters. The van der Waals surface area contributed by atoms with Crippen LogP contribution in [0, 0.1) is 11.3 Å². The molecular weight excluding hydrogens is 344 g/mol. The Bertz CT molecular complexity index is 819. The van der Waals surface area contributed by atoms with Crippen LogP contribution in [0.2, 0.25) is 0 Å². The maximum atomic E-state index is 12.1. The van der Waals surface area contributed by atoms with Crippen LogP contribution < -0.4 is 14.4 Å². The van der Waals surface area contributed by atoms with Crippen molar-refractivity contribution < 1.29 is 19.0 Å². The first-order valence-electron chi connectivity index (χ1n) is 8.36. The van der Waals surface area contributed by atoms with Crippen LogP contribution in [-0.4, -0.2) is 40.4 Å². The van der Waals surface area contributed by atoms with Gasteiger partial charge in [-0.3, -0.25) is 0 Å². The van der Waals surface area contributed by atoms with E-state index in [0.29, 0.717) is 5.75 Å². The molecule has 0 spiro atoms. The summed E-state index contributed by atoms with van der Waals surface area (Å²) in [5, 5.41) is 9.21. The van der Waals surface area contributed by atoms with Gasteiger partial charge in [-0.2, -0.15) is 5.26 Å². The lowest BCUT2D eigenvalue weighted by atomic mass is 10.1. The number of nitrogens with zero attached hydrogens (tertiary/aromatic N) is 2. The number of carbonyl (C=O) groups is 1. The summed E-state index contributed by atoms with van der Waals surface area (Å²) in [6.07, 6.45) is 1.51. The average molecular weight is 366 g/mol. The molecule has 0 saturated carbocycles. The molecule has 27 heavy (non-hydrogen) atoms. The molecule has 0 saturated heterocycles. The topological polar surface area (TPSA) is 71.8 Å². The highest BCUT2D eigenvalue weighted by Crippen LogP contribution is 2.17. The van der Waals surface area contributed by atoms with Crippen molar-refractivity contribution in [3.8, 4) is 17.6 Å². The van der Waals surface area contributed by atoms with Crippen molar-refractivity contribution in [3.05, 3.63) is 59.7 Å². The van der Waals surface area contributed by atoms with Gasteiger partial charge in [0.1, 0.15) is 36.4 Å². The standard InChI is InChI=1S/C21H22N2O4/c1-23(2)18-6-4-16(5-7-18)14-17(15-22)21(24)27-13-12-26-20-10-8-19(25-3)9-11-20/h4-11,14H,12-13H2,1-3H3/b17-14+. The average Bonchev–Trinajstić information content (AvgIpc) is 2.70. The molecule has 6 nitrogen and oxygen atoms in total. The minimum atomic E-state index is -0.674. The van der Waals surface area contributed by atoms with Crippen LogP contribution in [-0.2, 0) is 9.53 Å². The van der Waals surface area contributed by atoms with Gasteiger partial charge in [-0.15, -0.1) is 0 Å². The summed E-state index contributed by atoms with van der Waals surface area (Å²) in [5.74, 6) is 0.701. The van der Waals surface area contributed by atoms with Crippen LogP contribution in [0.4, 0.5) is 5.69 Å². The van der Waals surface area contributed by atoms with Gasteiger partial charge in [-0.25, -0.2) is 4.79 Å². The van der Waals surface area contributed by atoms with E-state index < -0.39 is 5.97 Å². The lowest BCUT2D eigenvalue weighted by Crippen LogP contribution is -2.13. The Kier molecular flexibility index (Phi) is 7.26. The molecule has 0 aliphatic carbocycles. The minimum Gasteiger partial charge on any atom is -0.497 e. The number of hydrogen-bond donors (Lipinski definition) is 0. The van der Waals surface area contributed by atoms with E-state index >= 15 is 0 Å². The summed E-state index contributed by atoms with van der Waals surface area (Å²) in [6.45, 7) is 0.234. The number of hydrogen-bond acceptors (Lipinski definition) is 6. The highest BCUT2D eigenvalue weighted by atomic mass is 16.6. The van der Waals surface area contributed by atoms with Crippen LogP contribution in [0.3, 0.4) is 0 Å². The van der Waals surface area contributed by atoms with Crippen molar-refractivity contribution in [3.63, 3.8) is 0 Å². The van der Waals surface area contributed by atoms with E-state index in [0.717, 1.165) is 17.0 Å². The molecule has 0 N–H and O–H groups in total. The highest BCUT2D eigenvalue weighted by molar-refractivity contribution is 5.97. The number of rotatable bonds is 8. The molecule has 2 aromatic rings. The van der Waals surface area contributed by atoms with Crippen molar-refractivity contribution in [1.29, 1.82) is 5.26 Å². The van der Waals surface area contributed by atoms with Crippen molar-refractivity contribution in [2.75, 3.05) is 39.3 Å². The summed E-state index contributed by atoms with van der Waals surface area (Å²) in [7, 11) is 5.47. The monoisotopic (exact) mass is 366 g/mol. The number of benzene rings is 2. The van der Waals surface area contributed by atoms with E-state index in [1.165, 1.54) is 6.08 Å². The number of esters is 1. The van der Waals surface area contributed by atoms with E-state index in [1.807, 2.05) is 49.3 Å². The van der Waals surface area contributed by atoms with Gasteiger partial charge in [0.2, 0.25) is 0 Å². The van der Waals surface area contributed by atoms with E-state index in [2.05, 4.69) is 0 Å². The molecule has 0 aromatic heterocycles. The second-order valence-electron chi connectivity index (χ2n) is 5.82. The molecule has 0 unspecified atom stereocenters. The molecule has 0 radical (unpaired) electrons. The van der Waals surface area contributed by atoms with Gasteiger partial charge < -0.3 is 19.1 Å². The molecule has 0 bridgehead atoms. The molecule has 0 amide bonds. The fraction of sp³-hybridized carbons (Fsp3) is 0.238. The molecule has 2 aromatic carbocycles. The van der Waals surface area contributed by atoms with Gasteiger partial charge in [0.15, 0.2) is 0 Å². The SMILES string of the molecule is COc1ccc(OCCOC(=O)/C(C#N)=C/c2ccc(N(C)C)cc2)cc1. The number of methoxy groups -OCH3 is 1. The fourth-order valence-corrected chi connectivity index (χ4v) is 2.22. The molecule has 0 aliphatic rings. The quantitative estimate of drug-likeness (QED) is 0.309. The normalized spacial score (nSPS) is 10.7. The van der Waals surface area contributed by atoms with E-state index in [4.69, 9.17) is 14.2 Å². The largest absolute Gasteiger partial charge is 0.497 e. The summed E-state index contributed by atoms with van der Waals surface area (Å²) in [6, 6.07) is 16.5. The Hall–Kier alpha value is -3.46. The maximum absolute atomic E-state index is 12.1. The van der Waals surface area contributed by atoms with Crippen LogP contribution in [0.15, 0.2) is 54.1 Å². The molecule has 0 heterocycles. The molecule has 140 valence electrons. The second-order valence-corrected chi connectivity index (χ2v) is 5.82. The van der Waals surface area contributed by atoms with Crippen molar-refractivity contribution in [2.24, 2.45) is 0 Å². The fourth-order valence-electron chi connectivity index (χ4n) is 2.22. The van der Waals surface area contributed by atoms with Crippen molar-refractivity contribution in [1.82, 2.24) is 0 Å². The highest BCUT2D eigenvalue weighted by Gasteiger charge is 2.11. The van der Waals surface area contributed by atoms with E-state index in [1.54, 1.807) is 31.4 Å². The van der Waals surface area contributed by atoms with Gasteiger partial charge in [-0.05, 0) is 48.0 Å². The van der Waals surface area contributed by atoms with Crippen molar-refractivity contribution in [2.45, 2.75) is 0 Å². The number of ether oxygens (including phenoxy) is 3.